The van der Waals surface area contributed by atoms with Gasteiger partial charge in [-0.25, -0.2) is 17.8 Å². The Morgan fingerprint density at radius 3 is 2.60 bits per heavy atom. The first kappa shape index (κ1) is 28.6. The van der Waals surface area contributed by atoms with Crippen LogP contribution in [0.1, 0.15) is 30.9 Å². The molecule has 1 unspecified atom stereocenters. The fourth-order valence-corrected chi connectivity index (χ4v) is 5.88. The van der Waals surface area contributed by atoms with E-state index in [4.69, 9.17) is 16.0 Å². The lowest BCUT2D eigenvalue weighted by atomic mass is 9.92. The van der Waals surface area contributed by atoms with E-state index < -0.39 is 21.5 Å². The zero-order valence-electron chi connectivity index (χ0n) is 22.7. The van der Waals surface area contributed by atoms with Crippen molar-refractivity contribution in [3.05, 3.63) is 90.3 Å². The van der Waals surface area contributed by atoms with Crippen LogP contribution in [0.2, 0.25) is 0 Å². The number of carbonyl (C=O) groups excluding carboxylic acids is 1. The number of amides is 1. The molecule has 1 aliphatic rings. The number of sulfonamides is 1. The Kier molecular flexibility index (Phi) is 8.08. The van der Waals surface area contributed by atoms with Crippen LogP contribution in [0.3, 0.4) is 0 Å². The highest BCUT2D eigenvalue weighted by Crippen LogP contribution is 2.32. The molecule has 0 saturated heterocycles. The summed E-state index contributed by atoms with van der Waals surface area (Å²) in [5.41, 5.74) is 7.55. The van der Waals surface area contributed by atoms with Crippen LogP contribution in [0.15, 0.2) is 89.2 Å². The van der Waals surface area contributed by atoms with Crippen LogP contribution < -0.4 is 15.8 Å². The third-order valence-electron chi connectivity index (χ3n) is 6.69. The van der Waals surface area contributed by atoms with Crippen LogP contribution in [0.25, 0.3) is 11.1 Å². The van der Waals surface area contributed by atoms with Crippen molar-refractivity contribution in [2.24, 2.45) is 10.9 Å². The molecule has 1 atom stereocenters. The Hall–Kier alpha value is -4.95. The number of rotatable bonds is 11. The summed E-state index contributed by atoms with van der Waals surface area (Å²) in [7, 11) is -3.70. The van der Waals surface area contributed by atoms with Crippen LogP contribution in [0.5, 0.6) is 0 Å². The minimum Gasteiger partial charge on any atom is -0.384 e. The van der Waals surface area contributed by atoms with E-state index in [9.17, 15) is 13.2 Å². The average Bonchev–Trinajstić information content (AvgIpc) is 3.68. The largest absolute Gasteiger partial charge is 0.384 e. The molecule has 14 heteroatoms. The molecule has 0 saturated carbocycles. The molecular weight excluding hydrogens is 558 g/mol. The van der Waals surface area contributed by atoms with Gasteiger partial charge in [0.1, 0.15) is 12.2 Å². The molecule has 5 rings (SSSR count). The quantitative estimate of drug-likeness (QED) is 0.152. The summed E-state index contributed by atoms with van der Waals surface area (Å²) in [5, 5.41) is 26.0. The van der Waals surface area contributed by atoms with Crippen molar-refractivity contribution >= 4 is 33.2 Å². The minimum absolute atomic E-state index is 0.0146. The SMILES string of the molecule is CCCNS(=O)(=O)c1ccccc1-c1ccc(NC(=O)C2(Cn3cnnn3)CC(c3cccc(C(=N)N)c3)=NO2)cc1. The average molecular weight is 588 g/mol. The molecule has 0 aliphatic carbocycles. The highest BCUT2D eigenvalue weighted by molar-refractivity contribution is 7.89. The van der Waals surface area contributed by atoms with Crippen molar-refractivity contribution < 1.29 is 18.0 Å². The van der Waals surface area contributed by atoms with E-state index in [1.165, 1.54) is 11.0 Å². The van der Waals surface area contributed by atoms with Gasteiger partial charge in [0.2, 0.25) is 15.6 Å². The van der Waals surface area contributed by atoms with Crippen molar-refractivity contribution in [1.82, 2.24) is 24.9 Å². The minimum atomic E-state index is -3.70. The topological polar surface area (TPSA) is 190 Å². The highest BCUT2D eigenvalue weighted by Gasteiger charge is 2.48. The number of benzene rings is 3. The van der Waals surface area contributed by atoms with E-state index in [1.54, 1.807) is 72.8 Å². The number of tetrazole rings is 1. The molecule has 4 aromatic rings. The highest BCUT2D eigenvalue weighted by atomic mass is 32.2. The van der Waals surface area contributed by atoms with Gasteiger partial charge in [0, 0.05) is 35.3 Å². The molecule has 0 radical (unpaired) electrons. The lowest BCUT2D eigenvalue weighted by molar-refractivity contribution is -0.140. The maximum Gasteiger partial charge on any atom is 0.273 e. The standard InChI is InChI=1S/C28H29N9O4S/c1-2-14-32-42(39,40)25-9-4-3-8-23(25)19-10-12-22(13-11-19)33-27(38)28(17-37-18-31-35-36-37)16-24(34-41-28)20-6-5-7-21(15-20)26(29)30/h3-13,15,18,32H,2,14,16-17H2,1H3,(H3,29,30)(H,33,38). The molecule has 216 valence electrons. The summed E-state index contributed by atoms with van der Waals surface area (Å²) in [6, 6.07) is 20.6. The van der Waals surface area contributed by atoms with Crippen LogP contribution in [0.4, 0.5) is 5.69 Å². The molecule has 2 heterocycles. The second kappa shape index (κ2) is 11.9. The normalized spacial score (nSPS) is 16.5. The van der Waals surface area contributed by atoms with Gasteiger partial charge in [0.15, 0.2) is 0 Å². The predicted molar refractivity (Wildman–Crippen MR) is 156 cm³/mol. The van der Waals surface area contributed by atoms with E-state index in [0.29, 0.717) is 46.6 Å². The summed E-state index contributed by atoms with van der Waals surface area (Å²) >= 11 is 0. The second-order valence-electron chi connectivity index (χ2n) is 9.73. The molecule has 0 bridgehead atoms. The van der Waals surface area contributed by atoms with Gasteiger partial charge in [0.25, 0.3) is 5.91 Å². The van der Waals surface area contributed by atoms with E-state index in [-0.39, 0.29) is 23.7 Å². The number of nitrogens with two attached hydrogens (primary N) is 1. The molecule has 1 aliphatic heterocycles. The molecule has 3 aromatic carbocycles. The Bertz CT molecular complexity index is 1740. The second-order valence-corrected chi connectivity index (χ2v) is 11.5. The first-order valence-electron chi connectivity index (χ1n) is 13.1. The Labute approximate surface area is 242 Å². The van der Waals surface area contributed by atoms with E-state index in [0.717, 1.165) is 0 Å². The fourth-order valence-electron chi connectivity index (χ4n) is 4.52. The molecule has 13 nitrogen and oxygen atoms in total. The number of aromatic nitrogens is 4. The Morgan fingerprint density at radius 1 is 1.10 bits per heavy atom. The maximum atomic E-state index is 13.7. The molecular formula is C28H29N9O4S. The van der Waals surface area contributed by atoms with Crippen molar-refractivity contribution in [2.75, 3.05) is 11.9 Å². The van der Waals surface area contributed by atoms with Crippen LogP contribution in [-0.4, -0.2) is 58.2 Å². The van der Waals surface area contributed by atoms with Gasteiger partial charge in [-0.05, 0) is 46.7 Å². The van der Waals surface area contributed by atoms with Crippen molar-refractivity contribution in [1.29, 1.82) is 5.41 Å². The van der Waals surface area contributed by atoms with Gasteiger partial charge >= 0.3 is 0 Å². The molecule has 0 spiro atoms. The third-order valence-corrected chi connectivity index (χ3v) is 8.20. The summed E-state index contributed by atoms with van der Waals surface area (Å²) in [6.07, 6.45) is 2.16. The number of nitrogens with one attached hydrogen (secondary N) is 3. The number of nitrogen functional groups attached to an aromatic ring is 1. The first-order chi connectivity index (χ1) is 20.2. The molecule has 42 heavy (non-hydrogen) atoms. The van der Waals surface area contributed by atoms with Gasteiger partial charge in [-0.3, -0.25) is 10.2 Å². The van der Waals surface area contributed by atoms with Gasteiger partial charge in [-0.15, -0.1) is 5.10 Å². The number of amidine groups is 1. The maximum absolute atomic E-state index is 13.7. The zero-order chi connectivity index (χ0) is 29.7. The summed E-state index contributed by atoms with van der Waals surface area (Å²) in [4.78, 5) is 19.7. The van der Waals surface area contributed by atoms with E-state index in [1.807, 2.05) is 6.92 Å². The summed E-state index contributed by atoms with van der Waals surface area (Å²) < 4.78 is 29.7. The summed E-state index contributed by atoms with van der Waals surface area (Å²) in [6.45, 7) is 2.22. The van der Waals surface area contributed by atoms with Crippen LogP contribution in [0, 0.1) is 5.41 Å². The van der Waals surface area contributed by atoms with Crippen LogP contribution >= 0.6 is 0 Å². The number of carbonyl (C=O) groups is 1. The summed E-state index contributed by atoms with van der Waals surface area (Å²) in [5.74, 6) is -0.561. The molecule has 1 aromatic heterocycles. The van der Waals surface area contributed by atoms with Crippen LogP contribution in [-0.2, 0) is 26.2 Å². The first-order valence-corrected chi connectivity index (χ1v) is 14.6. The lowest BCUT2D eigenvalue weighted by Gasteiger charge is -2.25. The monoisotopic (exact) mass is 587 g/mol. The van der Waals surface area contributed by atoms with Gasteiger partial charge < -0.3 is 15.9 Å². The molecule has 5 N–H and O–H groups in total. The van der Waals surface area contributed by atoms with Crippen molar-refractivity contribution in [3.63, 3.8) is 0 Å². The zero-order valence-corrected chi connectivity index (χ0v) is 23.5. The van der Waals surface area contributed by atoms with Crippen molar-refractivity contribution in [3.8, 4) is 11.1 Å². The molecule has 1 amide bonds. The fraction of sp³-hybridized carbons (Fsp3) is 0.214. The predicted octanol–water partition coefficient (Wildman–Crippen LogP) is 2.51. The molecule has 0 fully saturated rings. The number of nitrogens with zero attached hydrogens (tertiary/aromatic N) is 5. The van der Waals surface area contributed by atoms with Gasteiger partial charge in [-0.2, -0.15) is 0 Å². The Balaban J connectivity index is 1.38. The smallest absolute Gasteiger partial charge is 0.273 e. The van der Waals surface area contributed by atoms with E-state index >= 15 is 0 Å². The van der Waals surface area contributed by atoms with Crippen molar-refractivity contribution in [2.45, 2.75) is 36.8 Å². The Morgan fingerprint density at radius 2 is 1.88 bits per heavy atom. The number of hydrogen-bond acceptors (Lipinski definition) is 9. The lowest BCUT2D eigenvalue weighted by Crippen LogP contribution is -2.47. The number of anilines is 1. The third kappa shape index (κ3) is 6.04. The van der Waals surface area contributed by atoms with Gasteiger partial charge in [-0.1, -0.05) is 60.6 Å². The number of oxime groups is 1. The number of hydrogen-bond donors (Lipinski definition) is 4. The van der Waals surface area contributed by atoms with Gasteiger partial charge in [0.05, 0.1) is 17.2 Å². The van der Waals surface area contributed by atoms with E-state index in [2.05, 4.69) is 30.7 Å².